The van der Waals surface area contributed by atoms with Crippen LogP contribution in [0.1, 0.15) is 42.6 Å². The maximum absolute atomic E-state index is 11.3. The number of aliphatic hydroxyl groups is 1. The van der Waals surface area contributed by atoms with Crippen LogP contribution in [-0.4, -0.2) is 47.4 Å². The first kappa shape index (κ1) is 16.8. The summed E-state index contributed by atoms with van der Waals surface area (Å²) in [5.41, 5.74) is 1.19. The van der Waals surface area contributed by atoms with E-state index in [0.29, 0.717) is 12.3 Å². The van der Waals surface area contributed by atoms with E-state index in [-0.39, 0.29) is 17.1 Å². The Labute approximate surface area is 131 Å². The van der Waals surface area contributed by atoms with E-state index in [4.69, 9.17) is 4.74 Å². The summed E-state index contributed by atoms with van der Waals surface area (Å²) in [6, 6.07) is 5.28. The van der Waals surface area contributed by atoms with Gasteiger partial charge >= 0.3 is 5.97 Å². The van der Waals surface area contributed by atoms with Crippen molar-refractivity contribution >= 4 is 5.97 Å². The number of carboxylic acid groups (broad SMARTS) is 1. The molecule has 1 aliphatic heterocycles. The van der Waals surface area contributed by atoms with Gasteiger partial charge in [0.25, 0.3) is 0 Å². The minimum atomic E-state index is -0.981. The molecule has 22 heavy (non-hydrogen) atoms. The van der Waals surface area contributed by atoms with E-state index in [0.717, 1.165) is 31.5 Å². The molecule has 0 aliphatic carbocycles. The standard InChI is InChI=1S/C17H25NO4/c1-17(2)9-13(19)6-7-18(11-17)10-12-4-5-15(22-3)14(8-12)16(20)21/h4-5,8,13,19H,6-7,9-11H2,1-3H3,(H,20,21). The van der Waals surface area contributed by atoms with Crippen molar-refractivity contribution in [3.05, 3.63) is 29.3 Å². The molecule has 0 aromatic heterocycles. The fraction of sp³-hybridized carbons (Fsp3) is 0.588. The molecule has 122 valence electrons. The van der Waals surface area contributed by atoms with Gasteiger partial charge in [0.2, 0.25) is 0 Å². The molecule has 1 aromatic rings. The molecule has 0 amide bonds. The van der Waals surface area contributed by atoms with Crippen molar-refractivity contribution in [2.24, 2.45) is 5.41 Å². The molecule has 0 saturated carbocycles. The number of benzene rings is 1. The number of hydrogen-bond acceptors (Lipinski definition) is 4. The van der Waals surface area contributed by atoms with Gasteiger partial charge in [0.1, 0.15) is 11.3 Å². The number of aliphatic hydroxyl groups excluding tert-OH is 1. The molecule has 1 atom stereocenters. The van der Waals surface area contributed by atoms with Crippen LogP contribution in [0.3, 0.4) is 0 Å². The summed E-state index contributed by atoms with van der Waals surface area (Å²) in [4.78, 5) is 13.6. The summed E-state index contributed by atoms with van der Waals surface area (Å²) in [6.45, 7) is 6.70. The highest BCUT2D eigenvalue weighted by atomic mass is 16.5. The van der Waals surface area contributed by atoms with E-state index in [1.807, 2.05) is 6.07 Å². The van der Waals surface area contributed by atoms with E-state index in [9.17, 15) is 15.0 Å². The average Bonchev–Trinajstić information content (AvgIpc) is 2.56. The zero-order valence-corrected chi connectivity index (χ0v) is 13.5. The minimum Gasteiger partial charge on any atom is -0.496 e. The maximum Gasteiger partial charge on any atom is 0.339 e. The van der Waals surface area contributed by atoms with Crippen molar-refractivity contribution in [2.75, 3.05) is 20.2 Å². The number of methoxy groups -OCH3 is 1. The first-order valence-corrected chi connectivity index (χ1v) is 7.61. The van der Waals surface area contributed by atoms with Crippen molar-refractivity contribution in [3.8, 4) is 5.75 Å². The highest BCUT2D eigenvalue weighted by molar-refractivity contribution is 5.91. The van der Waals surface area contributed by atoms with Crippen molar-refractivity contribution in [3.63, 3.8) is 0 Å². The van der Waals surface area contributed by atoms with Gasteiger partial charge in [-0.1, -0.05) is 19.9 Å². The number of rotatable bonds is 4. The molecule has 0 spiro atoms. The summed E-state index contributed by atoms with van der Waals surface area (Å²) in [6.07, 6.45) is 1.29. The van der Waals surface area contributed by atoms with Crippen LogP contribution in [0, 0.1) is 5.41 Å². The van der Waals surface area contributed by atoms with Crippen LogP contribution in [0.2, 0.25) is 0 Å². The maximum atomic E-state index is 11.3. The van der Waals surface area contributed by atoms with Crippen LogP contribution in [0.15, 0.2) is 18.2 Å². The molecule has 1 aromatic carbocycles. The Morgan fingerprint density at radius 1 is 1.45 bits per heavy atom. The smallest absolute Gasteiger partial charge is 0.339 e. The van der Waals surface area contributed by atoms with Gasteiger partial charge in [0, 0.05) is 19.6 Å². The monoisotopic (exact) mass is 307 g/mol. The first-order valence-electron chi connectivity index (χ1n) is 7.61. The van der Waals surface area contributed by atoms with Gasteiger partial charge in [-0.15, -0.1) is 0 Å². The third kappa shape index (κ3) is 4.21. The molecule has 1 heterocycles. The van der Waals surface area contributed by atoms with E-state index >= 15 is 0 Å². The van der Waals surface area contributed by atoms with E-state index in [1.165, 1.54) is 7.11 Å². The van der Waals surface area contributed by atoms with Crippen LogP contribution < -0.4 is 4.74 Å². The zero-order chi connectivity index (χ0) is 16.3. The van der Waals surface area contributed by atoms with Crippen molar-refractivity contribution < 1.29 is 19.7 Å². The summed E-state index contributed by atoms with van der Waals surface area (Å²) < 4.78 is 5.09. The van der Waals surface area contributed by atoms with Crippen molar-refractivity contribution in [1.29, 1.82) is 0 Å². The Hall–Kier alpha value is -1.59. The lowest BCUT2D eigenvalue weighted by atomic mass is 9.87. The Bertz CT molecular complexity index is 541. The topological polar surface area (TPSA) is 70.0 Å². The highest BCUT2D eigenvalue weighted by Crippen LogP contribution is 2.29. The largest absolute Gasteiger partial charge is 0.496 e. The van der Waals surface area contributed by atoms with Gasteiger partial charge in [0.05, 0.1) is 13.2 Å². The highest BCUT2D eigenvalue weighted by Gasteiger charge is 2.29. The van der Waals surface area contributed by atoms with Gasteiger partial charge in [-0.2, -0.15) is 0 Å². The molecule has 5 heteroatoms. The summed E-state index contributed by atoms with van der Waals surface area (Å²) in [5, 5.41) is 19.2. The van der Waals surface area contributed by atoms with E-state index < -0.39 is 5.97 Å². The van der Waals surface area contributed by atoms with Gasteiger partial charge in [-0.25, -0.2) is 4.79 Å². The molecule has 0 bridgehead atoms. The molecular weight excluding hydrogens is 282 g/mol. The average molecular weight is 307 g/mol. The fourth-order valence-corrected chi connectivity index (χ4v) is 3.23. The molecule has 1 fully saturated rings. The molecule has 2 rings (SSSR count). The van der Waals surface area contributed by atoms with Gasteiger partial charge < -0.3 is 14.9 Å². The second kappa shape index (κ2) is 6.67. The molecule has 1 saturated heterocycles. The predicted molar refractivity (Wildman–Crippen MR) is 84.3 cm³/mol. The number of aromatic carboxylic acids is 1. The molecule has 2 N–H and O–H groups in total. The van der Waals surface area contributed by atoms with E-state index in [2.05, 4.69) is 18.7 Å². The summed E-state index contributed by atoms with van der Waals surface area (Å²) in [7, 11) is 1.47. The van der Waals surface area contributed by atoms with Crippen LogP contribution >= 0.6 is 0 Å². The van der Waals surface area contributed by atoms with Crippen LogP contribution in [0.4, 0.5) is 0 Å². The summed E-state index contributed by atoms with van der Waals surface area (Å²) in [5.74, 6) is -0.604. The number of carboxylic acids is 1. The van der Waals surface area contributed by atoms with Gasteiger partial charge in [-0.3, -0.25) is 4.90 Å². The lowest BCUT2D eigenvalue weighted by Crippen LogP contribution is -2.32. The fourth-order valence-electron chi connectivity index (χ4n) is 3.23. The van der Waals surface area contributed by atoms with Crippen molar-refractivity contribution in [2.45, 2.75) is 39.3 Å². The lowest BCUT2D eigenvalue weighted by Gasteiger charge is -2.29. The molecule has 1 unspecified atom stereocenters. The number of carbonyl (C=O) groups is 1. The third-order valence-electron chi connectivity index (χ3n) is 4.12. The van der Waals surface area contributed by atoms with Crippen LogP contribution in [0.5, 0.6) is 5.75 Å². The van der Waals surface area contributed by atoms with Gasteiger partial charge in [-0.05, 0) is 36.0 Å². The minimum absolute atomic E-state index is 0.0536. The number of likely N-dealkylation sites (tertiary alicyclic amines) is 1. The quantitative estimate of drug-likeness (QED) is 0.893. The summed E-state index contributed by atoms with van der Waals surface area (Å²) >= 11 is 0. The lowest BCUT2D eigenvalue weighted by molar-refractivity contribution is 0.0693. The second-order valence-electron chi connectivity index (χ2n) is 6.86. The Morgan fingerprint density at radius 3 is 2.82 bits per heavy atom. The number of ether oxygens (including phenoxy) is 1. The Balaban J connectivity index is 2.16. The number of hydrogen-bond donors (Lipinski definition) is 2. The SMILES string of the molecule is COc1ccc(CN2CCC(O)CC(C)(C)C2)cc1C(=O)O. The second-order valence-corrected chi connectivity index (χ2v) is 6.86. The molecule has 5 nitrogen and oxygen atoms in total. The Morgan fingerprint density at radius 2 is 2.18 bits per heavy atom. The predicted octanol–water partition coefficient (Wildman–Crippen LogP) is 2.38. The van der Waals surface area contributed by atoms with Crippen LogP contribution in [-0.2, 0) is 6.54 Å². The van der Waals surface area contributed by atoms with E-state index in [1.54, 1.807) is 12.1 Å². The third-order valence-corrected chi connectivity index (χ3v) is 4.12. The molecule has 0 radical (unpaired) electrons. The van der Waals surface area contributed by atoms with Crippen molar-refractivity contribution in [1.82, 2.24) is 4.90 Å². The van der Waals surface area contributed by atoms with Crippen LogP contribution in [0.25, 0.3) is 0 Å². The molecular formula is C17H25NO4. The normalized spacial score (nSPS) is 22.1. The first-order chi connectivity index (χ1) is 10.3. The zero-order valence-electron chi connectivity index (χ0n) is 13.5. The molecule has 1 aliphatic rings. The van der Waals surface area contributed by atoms with Gasteiger partial charge in [0.15, 0.2) is 0 Å². The number of nitrogens with zero attached hydrogens (tertiary/aromatic N) is 1. The Kier molecular flexibility index (Phi) is 5.08.